The number of ether oxygens (including phenoxy) is 3. The lowest BCUT2D eigenvalue weighted by Crippen LogP contribution is -2.35. The van der Waals surface area contributed by atoms with Gasteiger partial charge in [0.05, 0.1) is 18.7 Å². The molecule has 0 aliphatic rings. The maximum absolute atomic E-state index is 12.4. The molecule has 0 aliphatic carbocycles. The van der Waals surface area contributed by atoms with Crippen LogP contribution in [0.3, 0.4) is 0 Å². The highest BCUT2D eigenvalue weighted by Crippen LogP contribution is 2.22. The zero-order valence-electron chi connectivity index (χ0n) is 15.9. The Kier molecular flexibility index (Phi) is 9.08. The fraction of sp³-hybridized carbons (Fsp3) is 0.200. The third-order valence-corrected chi connectivity index (χ3v) is 4.52. The van der Waals surface area contributed by atoms with Gasteiger partial charge in [0, 0.05) is 0 Å². The highest BCUT2D eigenvalue weighted by Gasteiger charge is 2.25. The van der Waals surface area contributed by atoms with E-state index in [1.54, 1.807) is 5.32 Å². The van der Waals surface area contributed by atoms with Gasteiger partial charge < -0.3 is 20.4 Å². The molecule has 1 aromatic carbocycles. The van der Waals surface area contributed by atoms with Crippen LogP contribution in [0.15, 0.2) is 35.2 Å². The first kappa shape index (κ1) is 26.3. The van der Waals surface area contributed by atoms with Crippen molar-refractivity contribution in [3.63, 3.8) is 0 Å². The Morgan fingerprint density at radius 2 is 1.53 bits per heavy atom. The summed E-state index contributed by atoms with van der Waals surface area (Å²) < 4.78 is 88.2. The number of anilines is 1. The number of hydrogen-bond donors (Lipinski definition) is 3. The Bertz CT molecular complexity index is 1040. The maximum atomic E-state index is 12.4. The number of amides is 2. The molecular formula is C15H15F4N5O7S. The maximum Gasteiger partial charge on any atom is 0.388 e. The highest BCUT2D eigenvalue weighted by atomic mass is 32.2. The fourth-order valence-electron chi connectivity index (χ4n) is 2.05. The van der Waals surface area contributed by atoms with Gasteiger partial charge in [-0.25, -0.2) is 22.7 Å². The van der Waals surface area contributed by atoms with Crippen LogP contribution in [0, 0.1) is 0 Å². The number of methoxy groups -OCH3 is 1. The number of esters is 1. The van der Waals surface area contributed by atoms with Gasteiger partial charge in [0.15, 0.2) is 0 Å². The lowest BCUT2D eigenvalue weighted by atomic mass is 10.2. The molecule has 1 heterocycles. The van der Waals surface area contributed by atoms with Gasteiger partial charge >= 0.3 is 25.2 Å². The van der Waals surface area contributed by atoms with Crippen LogP contribution in [0.2, 0.25) is 0 Å². The van der Waals surface area contributed by atoms with Crippen molar-refractivity contribution in [3.8, 4) is 11.8 Å². The van der Waals surface area contributed by atoms with Crippen LogP contribution < -0.4 is 25.7 Å². The number of alkyl halides is 4. The number of rotatable bonds is 8. The molecule has 17 heteroatoms. The van der Waals surface area contributed by atoms with Crippen molar-refractivity contribution in [3.05, 3.63) is 35.9 Å². The molecule has 5 N–H and O–H groups in total. The normalized spacial score (nSPS) is 10.8. The predicted molar refractivity (Wildman–Crippen MR) is 97.4 cm³/mol. The molecule has 0 radical (unpaired) electrons. The molecule has 2 amide bonds. The first-order chi connectivity index (χ1) is 14.5. The van der Waals surface area contributed by atoms with Crippen molar-refractivity contribution in [1.82, 2.24) is 20.8 Å². The molecule has 0 saturated carbocycles. The number of halogens is 4. The average molecular weight is 485 g/mol. The molecule has 2 aromatic rings. The quantitative estimate of drug-likeness (QED) is 0.370. The second-order valence-corrected chi connectivity index (χ2v) is 6.82. The van der Waals surface area contributed by atoms with Crippen LogP contribution in [-0.4, -0.2) is 50.7 Å². The Labute approximate surface area is 177 Å². The van der Waals surface area contributed by atoms with Gasteiger partial charge in [0.2, 0.25) is 17.7 Å². The second kappa shape index (κ2) is 11.0. The molecule has 0 unspecified atom stereocenters. The van der Waals surface area contributed by atoms with Gasteiger partial charge in [0.1, 0.15) is 4.90 Å². The SMILES string of the molecule is COC(=O)c1ccccc1S(=O)(=O)NC(=O)Nc1nc(OC(F)F)cc(OC(F)F)n1.N. The molecular weight excluding hydrogens is 470 g/mol. The minimum absolute atomic E-state index is 0. The van der Waals surface area contributed by atoms with E-state index in [1.807, 2.05) is 0 Å². The van der Waals surface area contributed by atoms with E-state index in [0.29, 0.717) is 6.07 Å². The largest absolute Gasteiger partial charge is 0.465 e. The summed E-state index contributed by atoms with van der Waals surface area (Å²) in [5.41, 5.74) is -0.387. The number of carbonyl (C=O) groups excluding carboxylic acids is 2. The molecule has 2 rings (SSSR count). The molecule has 0 spiro atoms. The van der Waals surface area contributed by atoms with Crippen molar-refractivity contribution in [2.24, 2.45) is 0 Å². The number of sulfonamides is 1. The van der Waals surface area contributed by atoms with Crippen LogP contribution in [0.1, 0.15) is 10.4 Å². The summed E-state index contributed by atoms with van der Waals surface area (Å²) in [5, 5.41) is 1.74. The predicted octanol–water partition coefficient (Wildman–Crippen LogP) is 2.14. The van der Waals surface area contributed by atoms with Gasteiger partial charge in [-0.2, -0.15) is 27.5 Å². The van der Waals surface area contributed by atoms with Crippen LogP contribution in [0.4, 0.5) is 28.3 Å². The van der Waals surface area contributed by atoms with Crippen molar-refractivity contribution >= 4 is 28.0 Å². The number of benzene rings is 1. The molecule has 0 atom stereocenters. The lowest BCUT2D eigenvalue weighted by molar-refractivity contribution is -0.0579. The minimum Gasteiger partial charge on any atom is -0.465 e. The third-order valence-electron chi connectivity index (χ3n) is 3.13. The molecule has 1 aromatic heterocycles. The van der Waals surface area contributed by atoms with Gasteiger partial charge in [-0.3, -0.25) is 5.32 Å². The van der Waals surface area contributed by atoms with Crippen LogP contribution >= 0.6 is 0 Å². The monoisotopic (exact) mass is 485 g/mol. The number of urea groups is 1. The average Bonchev–Trinajstić information content (AvgIpc) is 2.65. The molecule has 0 fully saturated rings. The Balaban J connectivity index is 0.00000512. The van der Waals surface area contributed by atoms with E-state index in [1.165, 1.54) is 16.9 Å². The van der Waals surface area contributed by atoms with E-state index in [0.717, 1.165) is 19.2 Å². The zero-order valence-corrected chi connectivity index (χ0v) is 16.7. The van der Waals surface area contributed by atoms with Crippen LogP contribution in [0.25, 0.3) is 0 Å². The topological polar surface area (TPSA) is 181 Å². The lowest BCUT2D eigenvalue weighted by Gasteiger charge is -2.12. The van der Waals surface area contributed by atoms with Crippen molar-refractivity contribution in [2.45, 2.75) is 18.1 Å². The van der Waals surface area contributed by atoms with Crippen LogP contribution in [0.5, 0.6) is 11.8 Å². The summed E-state index contributed by atoms with van der Waals surface area (Å²) in [7, 11) is -3.63. The number of hydrogen-bond acceptors (Lipinski definition) is 10. The van der Waals surface area contributed by atoms with Crippen molar-refractivity contribution in [1.29, 1.82) is 0 Å². The molecule has 0 saturated heterocycles. The Morgan fingerprint density at radius 3 is 2.03 bits per heavy atom. The van der Waals surface area contributed by atoms with Crippen molar-refractivity contribution < 1.29 is 49.8 Å². The number of nitrogens with zero attached hydrogens (tertiary/aromatic N) is 2. The fourth-order valence-corrected chi connectivity index (χ4v) is 3.15. The van der Waals surface area contributed by atoms with E-state index in [4.69, 9.17) is 0 Å². The second-order valence-electron chi connectivity index (χ2n) is 5.17. The van der Waals surface area contributed by atoms with Gasteiger partial charge in [-0.15, -0.1) is 0 Å². The number of nitrogens with one attached hydrogen (secondary N) is 2. The van der Waals surface area contributed by atoms with E-state index < -0.39 is 57.9 Å². The summed E-state index contributed by atoms with van der Waals surface area (Å²) >= 11 is 0. The summed E-state index contributed by atoms with van der Waals surface area (Å²) in [6.07, 6.45) is 0. The summed E-state index contributed by atoms with van der Waals surface area (Å²) in [4.78, 5) is 29.8. The van der Waals surface area contributed by atoms with Gasteiger partial charge in [-0.05, 0) is 12.1 Å². The van der Waals surface area contributed by atoms with Gasteiger partial charge in [0.25, 0.3) is 10.0 Å². The van der Waals surface area contributed by atoms with Crippen LogP contribution in [-0.2, 0) is 14.8 Å². The van der Waals surface area contributed by atoms with E-state index >= 15 is 0 Å². The summed E-state index contributed by atoms with van der Waals surface area (Å²) in [6, 6.07) is 3.71. The Morgan fingerprint density at radius 1 is 1.00 bits per heavy atom. The van der Waals surface area contributed by atoms with E-state index in [-0.39, 0.29) is 11.7 Å². The smallest absolute Gasteiger partial charge is 0.388 e. The molecule has 32 heavy (non-hydrogen) atoms. The standard InChI is InChI=1S/C15H12F4N4O7S.H3N/c1-28-11(24)7-4-2-3-5-8(7)31(26,27)23-15(25)22-14-20-9(29-12(16)17)6-10(21-14)30-13(18)19;/h2-6,12-13H,1H3,(H2,20,21,22,23,25);1H3. The van der Waals surface area contributed by atoms with E-state index in [2.05, 4.69) is 24.2 Å². The summed E-state index contributed by atoms with van der Waals surface area (Å²) in [5.74, 6) is -3.80. The number of carbonyl (C=O) groups is 2. The molecule has 176 valence electrons. The summed E-state index contributed by atoms with van der Waals surface area (Å²) in [6.45, 7) is -6.79. The molecule has 0 bridgehead atoms. The molecule has 0 aliphatic heterocycles. The van der Waals surface area contributed by atoms with Crippen molar-refractivity contribution in [2.75, 3.05) is 12.4 Å². The van der Waals surface area contributed by atoms with Gasteiger partial charge in [-0.1, -0.05) is 12.1 Å². The highest BCUT2D eigenvalue weighted by molar-refractivity contribution is 7.90. The Hall–Kier alpha value is -3.73. The zero-order chi connectivity index (χ0) is 23.2. The minimum atomic E-state index is -4.64. The first-order valence-electron chi connectivity index (χ1n) is 7.81. The van der Waals surface area contributed by atoms with E-state index in [9.17, 15) is 35.6 Å². The molecule has 12 nitrogen and oxygen atoms in total. The first-order valence-corrected chi connectivity index (χ1v) is 9.30. The number of aromatic nitrogens is 2. The third kappa shape index (κ3) is 7.20.